The van der Waals surface area contributed by atoms with Crippen molar-refractivity contribution in [3.63, 3.8) is 0 Å². The third kappa shape index (κ3) is 4.72. The third-order valence-corrected chi connectivity index (χ3v) is 5.25. The van der Waals surface area contributed by atoms with Gasteiger partial charge in [0.05, 0.1) is 31.0 Å². The molecule has 0 aliphatic carbocycles. The van der Waals surface area contributed by atoms with Crippen LogP contribution >= 0.6 is 11.3 Å². The van der Waals surface area contributed by atoms with Crippen molar-refractivity contribution < 1.29 is 23.4 Å². The summed E-state index contributed by atoms with van der Waals surface area (Å²) in [7, 11) is 4.67. The van der Waals surface area contributed by atoms with E-state index < -0.39 is 5.91 Å². The number of hydrogen-bond acceptors (Lipinski definition) is 5. The van der Waals surface area contributed by atoms with Crippen LogP contribution in [0.4, 0.5) is 4.39 Å². The van der Waals surface area contributed by atoms with E-state index in [0.717, 1.165) is 10.3 Å². The van der Waals surface area contributed by atoms with Gasteiger partial charge in [-0.05, 0) is 35.9 Å². The summed E-state index contributed by atoms with van der Waals surface area (Å²) < 4.78 is 32.3. The molecule has 6 nitrogen and oxygen atoms in total. The van der Waals surface area contributed by atoms with E-state index in [2.05, 4.69) is 4.99 Å². The highest BCUT2D eigenvalue weighted by molar-refractivity contribution is 7.16. The number of carbonyl (C=O) groups is 1. The van der Waals surface area contributed by atoms with Crippen molar-refractivity contribution >= 4 is 33.5 Å². The number of hydrogen-bond donors (Lipinski definition) is 0. The zero-order chi connectivity index (χ0) is 20.8. The van der Waals surface area contributed by atoms with Gasteiger partial charge < -0.3 is 18.8 Å². The Balaban J connectivity index is 1.93. The molecule has 1 amide bonds. The van der Waals surface area contributed by atoms with Gasteiger partial charge in [0.1, 0.15) is 5.82 Å². The van der Waals surface area contributed by atoms with E-state index >= 15 is 0 Å². The summed E-state index contributed by atoms with van der Waals surface area (Å²) in [6.45, 7) is 0.770. The van der Waals surface area contributed by atoms with E-state index in [1.165, 1.54) is 23.5 Å². The molecule has 0 unspecified atom stereocenters. The van der Waals surface area contributed by atoms with Crippen LogP contribution in [0, 0.1) is 5.82 Å². The number of para-hydroxylation sites is 1. The largest absolute Gasteiger partial charge is 0.493 e. The Kier molecular flexibility index (Phi) is 6.79. The fourth-order valence-electron chi connectivity index (χ4n) is 2.82. The lowest BCUT2D eigenvalue weighted by molar-refractivity contribution is -0.113. The van der Waals surface area contributed by atoms with E-state index in [0.29, 0.717) is 35.0 Å². The highest BCUT2D eigenvalue weighted by Gasteiger charge is 2.11. The van der Waals surface area contributed by atoms with Gasteiger partial charge in [-0.3, -0.25) is 4.79 Å². The van der Waals surface area contributed by atoms with Crippen LogP contribution in [0.15, 0.2) is 47.5 Å². The Morgan fingerprint density at radius 3 is 2.69 bits per heavy atom. The zero-order valence-corrected chi connectivity index (χ0v) is 17.2. The van der Waals surface area contributed by atoms with Gasteiger partial charge in [-0.15, -0.1) is 0 Å². The molecular formula is C21H21FN2O4S. The molecule has 152 valence electrons. The second-order valence-corrected chi connectivity index (χ2v) is 7.02. The maximum atomic E-state index is 14.3. The summed E-state index contributed by atoms with van der Waals surface area (Å²) in [5.74, 6) is 0.367. The molecule has 0 aliphatic rings. The molecule has 0 N–H and O–H groups in total. The van der Waals surface area contributed by atoms with Crippen molar-refractivity contribution in [1.82, 2.24) is 4.57 Å². The van der Waals surface area contributed by atoms with E-state index in [9.17, 15) is 9.18 Å². The highest BCUT2D eigenvalue weighted by atomic mass is 32.1. The molecule has 0 spiro atoms. The average Bonchev–Trinajstić information content (AvgIpc) is 3.08. The first kappa shape index (κ1) is 20.8. The van der Waals surface area contributed by atoms with Crippen molar-refractivity contribution in [2.45, 2.75) is 6.54 Å². The number of ether oxygens (including phenoxy) is 3. The second-order valence-electron chi connectivity index (χ2n) is 6.01. The Labute approximate surface area is 171 Å². The molecule has 0 aliphatic heterocycles. The van der Waals surface area contributed by atoms with Crippen LogP contribution in [0.1, 0.15) is 5.56 Å². The minimum absolute atomic E-state index is 0.357. The fraction of sp³-hybridized carbons (Fsp3) is 0.238. The first-order chi connectivity index (χ1) is 14.1. The van der Waals surface area contributed by atoms with Crippen molar-refractivity contribution in [2.75, 3.05) is 27.9 Å². The van der Waals surface area contributed by atoms with Gasteiger partial charge in [0.15, 0.2) is 16.3 Å². The molecule has 0 saturated carbocycles. The molecule has 29 heavy (non-hydrogen) atoms. The zero-order valence-electron chi connectivity index (χ0n) is 16.3. The van der Waals surface area contributed by atoms with Crippen LogP contribution in [0.25, 0.3) is 16.3 Å². The topological polar surface area (TPSA) is 62.1 Å². The maximum absolute atomic E-state index is 14.3. The SMILES string of the molecule is COCCn1c(=NC(=O)/C=C\c2ccc(OC)c(OC)c2)sc2cccc(F)c21. The molecule has 1 aromatic heterocycles. The lowest BCUT2D eigenvalue weighted by atomic mass is 10.2. The predicted octanol–water partition coefficient (Wildman–Crippen LogP) is 3.65. The Morgan fingerprint density at radius 1 is 1.17 bits per heavy atom. The van der Waals surface area contributed by atoms with Crippen LogP contribution in [-0.4, -0.2) is 38.4 Å². The lowest BCUT2D eigenvalue weighted by Gasteiger charge is -2.07. The number of halogens is 1. The summed E-state index contributed by atoms with van der Waals surface area (Å²) in [5, 5.41) is 0. The van der Waals surface area contributed by atoms with E-state index in [1.807, 2.05) is 0 Å². The average molecular weight is 416 g/mol. The molecule has 0 radical (unpaired) electrons. The van der Waals surface area contributed by atoms with Gasteiger partial charge >= 0.3 is 0 Å². The number of fused-ring (bicyclic) bond motifs is 1. The summed E-state index contributed by atoms with van der Waals surface area (Å²) in [4.78, 5) is 17.0. The third-order valence-electron chi connectivity index (χ3n) is 4.20. The molecule has 1 heterocycles. The van der Waals surface area contributed by atoms with E-state index in [4.69, 9.17) is 14.2 Å². The summed E-state index contributed by atoms with van der Waals surface area (Å²) in [5.41, 5.74) is 1.19. The number of amides is 1. The molecule has 0 fully saturated rings. The van der Waals surface area contributed by atoms with E-state index in [1.54, 1.807) is 62.3 Å². The van der Waals surface area contributed by atoms with Gasteiger partial charge in [0.25, 0.3) is 5.91 Å². The molecule has 3 aromatic rings. The Bertz CT molecular complexity index is 1120. The summed E-state index contributed by atoms with van der Waals surface area (Å²) in [6, 6.07) is 10.1. The first-order valence-corrected chi connectivity index (χ1v) is 9.64. The van der Waals surface area contributed by atoms with Gasteiger partial charge in [-0.25, -0.2) is 4.39 Å². The number of nitrogens with zero attached hydrogens (tertiary/aromatic N) is 2. The normalized spacial score (nSPS) is 12.1. The monoisotopic (exact) mass is 416 g/mol. The van der Waals surface area contributed by atoms with Crippen LogP contribution in [0.5, 0.6) is 11.5 Å². The second kappa shape index (κ2) is 9.49. The summed E-state index contributed by atoms with van der Waals surface area (Å²) >= 11 is 1.26. The Hall–Kier alpha value is -2.97. The van der Waals surface area contributed by atoms with Crippen LogP contribution in [-0.2, 0) is 16.1 Å². The van der Waals surface area contributed by atoms with Gasteiger partial charge in [0.2, 0.25) is 0 Å². The molecule has 2 aromatic carbocycles. The van der Waals surface area contributed by atoms with Crippen LogP contribution < -0.4 is 14.3 Å². The molecular weight excluding hydrogens is 395 g/mol. The minimum Gasteiger partial charge on any atom is -0.493 e. The lowest BCUT2D eigenvalue weighted by Crippen LogP contribution is -2.19. The number of methoxy groups -OCH3 is 3. The van der Waals surface area contributed by atoms with Gasteiger partial charge in [0, 0.05) is 19.7 Å². The number of carbonyl (C=O) groups excluding carboxylic acids is 1. The van der Waals surface area contributed by atoms with Crippen molar-refractivity contribution in [3.05, 3.63) is 58.7 Å². The quantitative estimate of drug-likeness (QED) is 0.552. The minimum atomic E-state index is -0.446. The van der Waals surface area contributed by atoms with Crippen LogP contribution in [0.3, 0.4) is 0 Å². The van der Waals surface area contributed by atoms with Gasteiger partial charge in [-0.2, -0.15) is 4.99 Å². The van der Waals surface area contributed by atoms with Crippen molar-refractivity contribution in [2.24, 2.45) is 4.99 Å². The standard InChI is InChI=1S/C21H21FN2O4S/c1-26-12-11-24-20-15(22)5-4-6-18(20)29-21(24)23-19(25)10-8-14-7-9-16(27-2)17(13-14)28-3/h4-10,13H,11-12H2,1-3H3/b10-8-,23-21?. The number of benzene rings is 2. The molecule has 3 rings (SSSR count). The molecule has 0 saturated heterocycles. The number of rotatable bonds is 7. The van der Waals surface area contributed by atoms with E-state index in [-0.39, 0.29) is 5.82 Å². The van der Waals surface area contributed by atoms with Crippen LogP contribution in [0.2, 0.25) is 0 Å². The first-order valence-electron chi connectivity index (χ1n) is 8.83. The fourth-order valence-corrected chi connectivity index (χ4v) is 3.89. The predicted molar refractivity (Wildman–Crippen MR) is 111 cm³/mol. The van der Waals surface area contributed by atoms with Crippen molar-refractivity contribution in [3.8, 4) is 11.5 Å². The molecule has 0 atom stereocenters. The molecule has 8 heteroatoms. The number of aromatic nitrogens is 1. The Morgan fingerprint density at radius 2 is 1.97 bits per heavy atom. The smallest absolute Gasteiger partial charge is 0.272 e. The van der Waals surface area contributed by atoms with Gasteiger partial charge in [-0.1, -0.05) is 23.5 Å². The highest BCUT2D eigenvalue weighted by Crippen LogP contribution is 2.28. The summed E-state index contributed by atoms with van der Waals surface area (Å²) in [6.07, 6.45) is 3.00. The number of thiazole rings is 1. The van der Waals surface area contributed by atoms with Crippen molar-refractivity contribution in [1.29, 1.82) is 0 Å². The molecule has 0 bridgehead atoms. The maximum Gasteiger partial charge on any atom is 0.272 e.